The number of rotatable bonds is 6. The fraction of sp³-hybridized carbons (Fsp3) is 1.00. The van der Waals surface area contributed by atoms with E-state index in [0.717, 1.165) is 32.5 Å². The van der Waals surface area contributed by atoms with Gasteiger partial charge in [0.1, 0.15) is 0 Å². The number of hydrogen-bond donors (Lipinski definition) is 3. The van der Waals surface area contributed by atoms with E-state index in [4.69, 9.17) is 0 Å². The fourth-order valence-corrected chi connectivity index (χ4v) is 2.12. The maximum Gasteiger partial charge on any atom is 0.0692 e. The lowest BCUT2D eigenvalue weighted by Crippen LogP contribution is -2.39. The topological polar surface area (TPSA) is 44.3 Å². The lowest BCUT2D eigenvalue weighted by molar-refractivity contribution is 0.0989. The van der Waals surface area contributed by atoms with Gasteiger partial charge in [-0.15, -0.1) is 0 Å². The number of nitrogens with one attached hydrogen (secondary N) is 2. The van der Waals surface area contributed by atoms with Gasteiger partial charge in [-0.05, 0) is 18.9 Å². The highest BCUT2D eigenvalue weighted by atomic mass is 16.3. The van der Waals surface area contributed by atoms with Gasteiger partial charge in [-0.25, -0.2) is 0 Å². The molecule has 84 valence electrons. The SMILES string of the molecule is CCC(CC)C(O)CNC1CCNC1. The summed E-state index contributed by atoms with van der Waals surface area (Å²) in [4.78, 5) is 0. The van der Waals surface area contributed by atoms with Crippen LogP contribution < -0.4 is 10.6 Å². The molecule has 0 amide bonds. The molecule has 2 unspecified atom stereocenters. The first-order chi connectivity index (χ1) is 6.77. The van der Waals surface area contributed by atoms with Gasteiger partial charge in [0, 0.05) is 19.1 Å². The molecule has 1 saturated heterocycles. The second kappa shape index (κ2) is 6.38. The zero-order valence-electron chi connectivity index (χ0n) is 9.42. The fourth-order valence-electron chi connectivity index (χ4n) is 2.12. The largest absolute Gasteiger partial charge is 0.392 e. The smallest absolute Gasteiger partial charge is 0.0692 e. The highest BCUT2D eigenvalue weighted by Gasteiger charge is 2.18. The van der Waals surface area contributed by atoms with Crippen molar-refractivity contribution in [3.8, 4) is 0 Å². The molecular weight excluding hydrogens is 176 g/mol. The maximum absolute atomic E-state index is 9.89. The van der Waals surface area contributed by atoms with Crippen molar-refractivity contribution in [1.82, 2.24) is 10.6 Å². The zero-order chi connectivity index (χ0) is 10.4. The van der Waals surface area contributed by atoms with Gasteiger partial charge in [-0.1, -0.05) is 26.7 Å². The minimum absolute atomic E-state index is 0.175. The molecule has 1 fully saturated rings. The van der Waals surface area contributed by atoms with Crippen LogP contribution in [0, 0.1) is 5.92 Å². The van der Waals surface area contributed by atoms with Gasteiger partial charge in [-0.2, -0.15) is 0 Å². The highest BCUT2D eigenvalue weighted by Crippen LogP contribution is 2.12. The molecule has 14 heavy (non-hydrogen) atoms. The van der Waals surface area contributed by atoms with E-state index >= 15 is 0 Å². The summed E-state index contributed by atoms with van der Waals surface area (Å²) in [6, 6.07) is 0.569. The molecule has 3 heteroatoms. The lowest BCUT2D eigenvalue weighted by Gasteiger charge is -2.22. The summed E-state index contributed by atoms with van der Waals surface area (Å²) >= 11 is 0. The standard InChI is InChI=1S/C11H24N2O/c1-3-9(4-2)11(14)8-13-10-5-6-12-7-10/h9-14H,3-8H2,1-2H3. The second-order valence-corrected chi connectivity index (χ2v) is 4.24. The summed E-state index contributed by atoms with van der Waals surface area (Å²) in [5, 5.41) is 16.6. The van der Waals surface area contributed by atoms with Crippen molar-refractivity contribution in [1.29, 1.82) is 0 Å². The van der Waals surface area contributed by atoms with Crippen LogP contribution in [0.4, 0.5) is 0 Å². The summed E-state index contributed by atoms with van der Waals surface area (Å²) in [7, 11) is 0. The van der Waals surface area contributed by atoms with E-state index in [1.807, 2.05) is 0 Å². The summed E-state index contributed by atoms with van der Waals surface area (Å²) in [5.41, 5.74) is 0. The van der Waals surface area contributed by atoms with Crippen molar-refractivity contribution < 1.29 is 5.11 Å². The molecule has 2 atom stereocenters. The Labute approximate surface area is 87.3 Å². The van der Waals surface area contributed by atoms with Crippen molar-refractivity contribution >= 4 is 0 Å². The lowest BCUT2D eigenvalue weighted by atomic mass is 9.96. The summed E-state index contributed by atoms with van der Waals surface area (Å²) in [5.74, 6) is 0.455. The Morgan fingerprint density at radius 2 is 2.14 bits per heavy atom. The van der Waals surface area contributed by atoms with Crippen LogP contribution in [0.1, 0.15) is 33.1 Å². The average Bonchev–Trinajstić information content (AvgIpc) is 2.69. The Morgan fingerprint density at radius 3 is 2.64 bits per heavy atom. The molecule has 1 aliphatic heterocycles. The van der Waals surface area contributed by atoms with Crippen LogP contribution >= 0.6 is 0 Å². The molecule has 1 rings (SSSR count). The second-order valence-electron chi connectivity index (χ2n) is 4.24. The average molecular weight is 200 g/mol. The quantitative estimate of drug-likeness (QED) is 0.592. The van der Waals surface area contributed by atoms with Crippen molar-refractivity contribution in [2.24, 2.45) is 5.92 Å². The van der Waals surface area contributed by atoms with Crippen molar-refractivity contribution in [3.63, 3.8) is 0 Å². The van der Waals surface area contributed by atoms with Crippen LogP contribution in [-0.4, -0.2) is 36.9 Å². The van der Waals surface area contributed by atoms with Gasteiger partial charge < -0.3 is 15.7 Å². The number of aliphatic hydroxyl groups is 1. The Hall–Kier alpha value is -0.120. The molecule has 1 heterocycles. The van der Waals surface area contributed by atoms with Crippen LogP contribution in [0.2, 0.25) is 0 Å². The van der Waals surface area contributed by atoms with Gasteiger partial charge in [0.25, 0.3) is 0 Å². The molecule has 0 aromatic rings. The van der Waals surface area contributed by atoms with Gasteiger partial charge in [0.15, 0.2) is 0 Å². The molecule has 0 bridgehead atoms. The van der Waals surface area contributed by atoms with E-state index in [0.29, 0.717) is 12.0 Å². The first-order valence-corrected chi connectivity index (χ1v) is 5.90. The Balaban J connectivity index is 2.15. The van der Waals surface area contributed by atoms with E-state index < -0.39 is 0 Å². The van der Waals surface area contributed by atoms with Gasteiger partial charge in [0.2, 0.25) is 0 Å². The van der Waals surface area contributed by atoms with E-state index in [2.05, 4.69) is 24.5 Å². The Morgan fingerprint density at radius 1 is 1.43 bits per heavy atom. The predicted molar refractivity (Wildman–Crippen MR) is 59.4 cm³/mol. The highest BCUT2D eigenvalue weighted by molar-refractivity contribution is 4.79. The van der Waals surface area contributed by atoms with Crippen LogP contribution in [0.5, 0.6) is 0 Å². The molecule has 0 aromatic carbocycles. The molecule has 3 nitrogen and oxygen atoms in total. The maximum atomic E-state index is 9.89. The minimum Gasteiger partial charge on any atom is -0.392 e. The minimum atomic E-state index is -0.175. The third-order valence-electron chi connectivity index (χ3n) is 3.27. The summed E-state index contributed by atoms with van der Waals surface area (Å²) in [6.45, 7) is 7.20. The number of aliphatic hydroxyl groups excluding tert-OH is 1. The molecule has 0 saturated carbocycles. The van der Waals surface area contributed by atoms with Gasteiger partial charge in [0.05, 0.1) is 6.10 Å². The first kappa shape index (κ1) is 12.0. The van der Waals surface area contributed by atoms with Crippen LogP contribution in [0.25, 0.3) is 0 Å². The van der Waals surface area contributed by atoms with Crippen LogP contribution in [0.3, 0.4) is 0 Å². The zero-order valence-corrected chi connectivity index (χ0v) is 9.42. The van der Waals surface area contributed by atoms with E-state index in [1.165, 1.54) is 6.42 Å². The third kappa shape index (κ3) is 3.56. The predicted octanol–water partition coefficient (Wildman–Crippen LogP) is 0.735. The molecule has 0 radical (unpaired) electrons. The number of hydrogen-bond acceptors (Lipinski definition) is 3. The molecule has 1 aliphatic rings. The summed E-state index contributed by atoms with van der Waals surface area (Å²) < 4.78 is 0. The molecule has 0 aromatic heterocycles. The van der Waals surface area contributed by atoms with Crippen LogP contribution in [-0.2, 0) is 0 Å². The summed E-state index contributed by atoms with van der Waals surface area (Å²) in [6.07, 6.45) is 3.16. The Bertz CT molecular complexity index is 142. The van der Waals surface area contributed by atoms with Crippen molar-refractivity contribution in [2.45, 2.75) is 45.3 Å². The normalized spacial score (nSPS) is 24.4. The Kier molecular flexibility index (Phi) is 5.45. The van der Waals surface area contributed by atoms with Crippen LogP contribution in [0.15, 0.2) is 0 Å². The third-order valence-corrected chi connectivity index (χ3v) is 3.27. The van der Waals surface area contributed by atoms with Gasteiger partial charge in [-0.3, -0.25) is 0 Å². The molecule has 3 N–H and O–H groups in total. The van der Waals surface area contributed by atoms with Gasteiger partial charge >= 0.3 is 0 Å². The molecule has 0 spiro atoms. The van der Waals surface area contributed by atoms with E-state index in [9.17, 15) is 5.11 Å². The van der Waals surface area contributed by atoms with E-state index in [1.54, 1.807) is 0 Å². The van der Waals surface area contributed by atoms with E-state index in [-0.39, 0.29) is 6.10 Å². The van der Waals surface area contributed by atoms with Crippen molar-refractivity contribution in [2.75, 3.05) is 19.6 Å². The van der Waals surface area contributed by atoms with Crippen molar-refractivity contribution in [3.05, 3.63) is 0 Å². The molecule has 0 aliphatic carbocycles. The molecular formula is C11H24N2O. The monoisotopic (exact) mass is 200 g/mol. The first-order valence-electron chi connectivity index (χ1n) is 5.90.